The maximum atomic E-state index is 10.8. The van der Waals surface area contributed by atoms with Crippen LogP contribution in [0, 0.1) is 10.1 Å². The first-order valence-corrected chi connectivity index (χ1v) is 6.97. The van der Waals surface area contributed by atoms with Gasteiger partial charge in [-0.15, -0.1) is 0 Å². The predicted octanol–water partition coefficient (Wildman–Crippen LogP) is 3.22. The lowest BCUT2D eigenvalue weighted by Gasteiger charge is -2.16. The third kappa shape index (κ3) is 3.66. The molecule has 1 N–H and O–H groups in total. The molecule has 0 aliphatic rings. The minimum absolute atomic E-state index is 0.0282. The van der Waals surface area contributed by atoms with Gasteiger partial charge in [-0.2, -0.15) is 0 Å². The average Bonchev–Trinajstić information content (AvgIpc) is 2.93. The van der Waals surface area contributed by atoms with Crippen molar-refractivity contribution in [3.8, 4) is 0 Å². The molecule has 1 unspecified atom stereocenters. The van der Waals surface area contributed by atoms with E-state index in [0.29, 0.717) is 12.6 Å². The van der Waals surface area contributed by atoms with E-state index >= 15 is 0 Å². The summed E-state index contributed by atoms with van der Waals surface area (Å²) in [7, 11) is 0. The predicted molar refractivity (Wildman–Crippen MR) is 81.0 cm³/mol. The van der Waals surface area contributed by atoms with Crippen molar-refractivity contribution in [2.24, 2.45) is 0 Å². The maximum Gasteiger partial charge on any atom is 0.269 e. The highest BCUT2D eigenvalue weighted by Crippen LogP contribution is 2.19. The molecule has 2 aromatic rings. The van der Waals surface area contributed by atoms with Gasteiger partial charge in [-0.3, -0.25) is 10.1 Å². The van der Waals surface area contributed by atoms with Gasteiger partial charge in [-0.1, -0.05) is 12.1 Å². The van der Waals surface area contributed by atoms with E-state index in [1.54, 1.807) is 12.1 Å². The van der Waals surface area contributed by atoms with Crippen molar-refractivity contribution in [3.05, 3.63) is 58.2 Å². The summed E-state index contributed by atoms with van der Waals surface area (Å²) in [5, 5.41) is 14.2. The monoisotopic (exact) mass is 288 g/mol. The lowest BCUT2D eigenvalue weighted by molar-refractivity contribution is -0.384. The van der Waals surface area contributed by atoms with Crippen molar-refractivity contribution in [2.45, 2.75) is 39.4 Å². The summed E-state index contributed by atoms with van der Waals surface area (Å²) in [6, 6.07) is 7.11. The van der Waals surface area contributed by atoms with Gasteiger partial charge >= 0.3 is 0 Å². The van der Waals surface area contributed by atoms with Crippen LogP contribution in [0.5, 0.6) is 0 Å². The summed E-state index contributed by atoms with van der Waals surface area (Å²) in [6.07, 6.45) is 3.66. The van der Waals surface area contributed by atoms with E-state index in [-0.39, 0.29) is 16.7 Å². The number of nitro groups is 1. The number of imidazole rings is 1. The van der Waals surface area contributed by atoms with Crippen LogP contribution in [-0.2, 0) is 6.54 Å². The lowest BCUT2D eigenvalue weighted by atomic mass is 10.1. The molecule has 0 aliphatic heterocycles. The van der Waals surface area contributed by atoms with Gasteiger partial charge in [-0.25, -0.2) is 4.98 Å². The van der Waals surface area contributed by atoms with Crippen LogP contribution in [0.25, 0.3) is 0 Å². The van der Waals surface area contributed by atoms with Gasteiger partial charge in [0.25, 0.3) is 5.69 Å². The Morgan fingerprint density at radius 1 is 1.38 bits per heavy atom. The Labute approximate surface area is 124 Å². The minimum atomic E-state index is -0.371. The van der Waals surface area contributed by atoms with E-state index < -0.39 is 0 Å². The molecule has 6 heteroatoms. The van der Waals surface area contributed by atoms with Crippen molar-refractivity contribution in [3.63, 3.8) is 0 Å². The zero-order chi connectivity index (χ0) is 15.4. The second-order valence-corrected chi connectivity index (χ2v) is 5.34. The second-order valence-electron chi connectivity index (χ2n) is 5.34. The van der Waals surface area contributed by atoms with Crippen LogP contribution in [0.3, 0.4) is 0 Å². The van der Waals surface area contributed by atoms with Crippen LogP contribution < -0.4 is 5.32 Å². The van der Waals surface area contributed by atoms with Crippen LogP contribution >= 0.6 is 0 Å². The standard InChI is InChI=1S/C15H20N4O2/c1-11(2)18-10-16-8-15(18)9-17-12(3)13-5-4-6-14(7-13)19(20)21/h4-8,10-12,17H,9H2,1-3H3. The molecule has 0 fully saturated rings. The van der Waals surface area contributed by atoms with Gasteiger partial charge in [0.05, 0.1) is 16.9 Å². The number of nitrogens with one attached hydrogen (secondary N) is 1. The van der Waals surface area contributed by atoms with Crippen LogP contribution in [0.2, 0.25) is 0 Å². The van der Waals surface area contributed by atoms with Gasteiger partial charge in [0, 0.05) is 37.0 Å². The smallest absolute Gasteiger partial charge is 0.269 e. The Morgan fingerprint density at radius 3 is 2.81 bits per heavy atom. The van der Waals surface area contributed by atoms with E-state index in [9.17, 15) is 10.1 Å². The van der Waals surface area contributed by atoms with E-state index in [1.807, 2.05) is 25.5 Å². The molecule has 0 saturated carbocycles. The molecule has 1 atom stereocenters. The fourth-order valence-electron chi connectivity index (χ4n) is 2.22. The van der Waals surface area contributed by atoms with Crippen molar-refractivity contribution in [1.29, 1.82) is 0 Å². The molecule has 1 heterocycles. The number of rotatable bonds is 6. The number of hydrogen-bond acceptors (Lipinski definition) is 4. The summed E-state index contributed by atoms with van der Waals surface area (Å²) >= 11 is 0. The highest BCUT2D eigenvalue weighted by molar-refractivity contribution is 5.35. The van der Waals surface area contributed by atoms with E-state index in [2.05, 4.69) is 28.7 Å². The SMILES string of the molecule is CC(NCc1cncn1C(C)C)c1cccc([N+](=O)[O-])c1. The summed E-state index contributed by atoms with van der Waals surface area (Å²) in [5.41, 5.74) is 2.12. The zero-order valence-electron chi connectivity index (χ0n) is 12.5. The summed E-state index contributed by atoms with van der Waals surface area (Å²) < 4.78 is 2.10. The molecule has 6 nitrogen and oxygen atoms in total. The average molecular weight is 288 g/mol. The molecule has 1 aromatic heterocycles. The molecular weight excluding hydrogens is 268 g/mol. The lowest BCUT2D eigenvalue weighted by Crippen LogP contribution is -2.20. The van der Waals surface area contributed by atoms with E-state index in [1.165, 1.54) is 6.07 Å². The fraction of sp³-hybridized carbons (Fsp3) is 0.400. The van der Waals surface area contributed by atoms with Crippen molar-refractivity contribution >= 4 is 5.69 Å². The third-order valence-electron chi connectivity index (χ3n) is 3.47. The number of benzene rings is 1. The van der Waals surface area contributed by atoms with Crippen molar-refractivity contribution in [2.75, 3.05) is 0 Å². The first-order chi connectivity index (χ1) is 9.99. The van der Waals surface area contributed by atoms with Crippen molar-refractivity contribution in [1.82, 2.24) is 14.9 Å². The molecule has 21 heavy (non-hydrogen) atoms. The molecule has 0 amide bonds. The molecule has 0 bridgehead atoms. The number of nitro benzene ring substituents is 1. The first kappa shape index (κ1) is 15.2. The third-order valence-corrected chi connectivity index (χ3v) is 3.47. The first-order valence-electron chi connectivity index (χ1n) is 6.97. The zero-order valence-corrected chi connectivity index (χ0v) is 12.5. The summed E-state index contributed by atoms with van der Waals surface area (Å²) in [6.45, 7) is 6.88. The van der Waals surface area contributed by atoms with Gasteiger partial charge in [-0.05, 0) is 26.3 Å². The molecule has 0 radical (unpaired) electrons. The maximum absolute atomic E-state index is 10.8. The van der Waals surface area contributed by atoms with Crippen LogP contribution in [-0.4, -0.2) is 14.5 Å². The topological polar surface area (TPSA) is 73.0 Å². The Balaban J connectivity index is 2.04. The highest BCUT2D eigenvalue weighted by atomic mass is 16.6. The van der Waals surface area contributed by atoms with Gasteiger partial charge in [0.1, 0.15) is 0 Å². The summed E-state index contributed by atoms with van der Waals surface area (Å²) in [5.74, 6) is 0. The molecule has 0 spiro atoms. The Kier molecular flexibility index (Phi) is 4.70. The van der Waals surface area contributed by atoms with Crippen LogP contribution in [0.1, 0.15) is 44.1 Å². The molecule has 0 aliphatic carbocycles. The number of hydrogen-bond donors (Lipinski definition) is 1. The summed E-state index contributed by atoms with van der Waals surface area (Å²) in [4.78, 5) is 14.6. The quantitative estimate of drug-likeness (QED) is 0.654. The van der Waals surface area contributed by atoms with Crippen molar-refractivity contribution < 1.29 is 4.92 Å². The normalized spacial score (nSPS) is 12.6. The fourth-order valence-corrected chi connectivity index (χ4v) is 2.22. The molecule has 0 saturated heterocycles. The van der Waals surface area contributed by atoms with Gasteiger partial charge < -0.3 is 9.88 Å². The number of nitrogens with zero attached hydrogens (tertiary/aromatic N) is 3. The molecule has 2 rings (SSSR count). The minimum Gasteiger partial charge on any atom is -0.331 e. The number of non-ortho nitro benzene ring substituents is 1. The Morgan fingerprint density at radius 2 is 2.14 bits per heavy atom. The van der Waals surface area contributed by atoms with Crippen LogP contribution in [0.15, 0.2) is 36.8 Å². The largest absolute Gasteiger partial charge is 0.331 e. The Bertz CT molecular complexity index is 622. The van der Waals surface area contributed by atoms with E-state index in [4.69, 9.17) is 0 Å². The van der Waals surface area contributed by atoms with Gasteiger partial charge in [0.2, 0.25) is 0 Å². The van der Waals surface area contributed by atoms with E-state index in [0.717, 1.165) is 11.3 Å². The van der Waals surface area contributed by atoms with Gasteiger partial charge in [0.15, 0.2) is 0 Å². The molecule has 1 aromatic carbocycles. The number of aromatic nitrogens is 2. The molecule has 112 valence electrons. The Hall–Kier alpha value is -2.21. The second kappa shape index (κ2) is 6.49. The highest BCUT2D eigenvalue weighted by Gasteiger charge is 2.12. The van der Waals surface area contributed by atoms with Crippen LogP contribution in [0.4, 0.5) is 5.69 Å². The molecular formula is C15H20N4O2.